The number of aromatic carboxylic acids is 1. The van der Waals surface area contributed by atoms with Gasteiger partial charge in [0.1, 0.15) is 5.76 Å². The Hall–Kier alpha value is -2.60. The Morgan fingerprint density at radius 2 is 1.81 bits per heavy atom. The highest BCUT2D eigenvalue weighted by molar-refractivity contribution is 5.84. The first-order chi connectivity index (χ1) is 10.1. The van der Waals surface area contributed by atoms with Crippen LogP contribution in [0.5, 0.6) is 0 Å². The van der Waals surface area contributed by atoms with E-state index in [1.54, 1.807) is 6.07 Å². The summed E-state index contributed by atoms with van der Waals surface area (Å²) in [4.78, 5) is 22.3. The van der Waals surface area contributed by atoms with Crippen LogP contribution in [0.3, 0.4) is 0 Å². The van der Waals surface area contributed by atoms with E-state index in [9.17, 15) is 9.59 Å². The van der Waals surface area contributed by atoms with Crippen molar-refractivity contribution in [2.45, 2.75) is 13.1 Å². The highest BCUT2D eigenvalue weighted by atomic mass is 16.4. The average molecular weight is 288 g/mol. The zero-order chi connectivity index (χ0) is 15.1. The third-order valence-electron chi connectivity index (χ3n) is 2.79. The molecule has 0 aliphatic rings. The predicted molar refractivity (Wildman–Crippen MR) is 75.7 cm³/mol. The third-order valence-corrected chi connectivity index (χ3v) is 2.79. The molecule has 0 bridgehead atoms. The van der Waals surface area contributed by atoms with Crippen LogP contribution < -0.4 is 10.6 Å². The predicted octanol–water partition coefficient (Wildman–Crippen LogP) is 1.38. The molecule has 3 N–H and O–H groups in total. The lowest BCUT2D eigenvalue weighted by molar-refractivity contribution is -0.120. The lowest BCUT2D eigenvalue weighted by atomic mass is 10.2. The second kappa shape index (κ2) is 7.25. The number of rotatable bonds is 7. The van der Waals surface area contributed by atoms with E-state index < -0.39 is 5.97 Å². The van der Waals surface area contributed by atoms with Crippen molar-refractivity contribution in [1.82, 2.24) is 10.6 Å². The number of amides is 1. The third kappa shape index (κ3) is 4.77. The van der Waals surface area contributed by atoms with Gasteiger partial charge in [0.15, 0.2) is 0 Å². The summed E-state index contributed by atoms with van der Waals surface area (Å²) in [5.74, 6) is -0.880. The van der Waals surface area contributed by atoms with Crippen LogP contribution in [0.2, 0.25) is 0 Å². The van der Waals surface area contributed by atoms with Crippen LogP contribution in [0.4, 0.5) is 0 Å². The van der Waals surface area contributed by atoms with Crippen LogP contribution in [-0.4, -0.2) is 23.5 Å². The topological polar surface area (TPSA) is 91.6 Å². The molecule has 0 spiro atoms. The summed E-state index contributed by atoms with van der Waals surface area (Å²) < 4.78 is 5.06. The largest absolute Gasteiger partial charge is 0.475 e. The van der Waals surface area contributed by atoms with Gasteiger partial charge in [0.2, 0.25) is 11.7 Å². The second-order valence-corrected chi connectivity index (χ2v) is 4.44. The van der Waals surface area contributed by atoms with Gasteiger partial charge >= 0.3 is 5.97 Å². The summed E-state index contributed by atoms with van der Waals surface area (Å²) in [5, 5.41) is 14.4. The molecule has 0 aliphatic heterocycles. The molecule has 0 radical (unpaired) electrons. The van der Waals surface area contributed by atoms with Crippen LogP contribution in [0.25, 0.3) is 0 Å². The van der Waals surface area contributed by atoms with Gasteiger partial charge in [-0.25, -0.2) is 4.79 Å². The molecule has 1 amide bonds. The van der Waals surface area contributed by atoms with E-state index >= 15 is 0 Å². The smallest absolute Gasteiger partial charge is 0.371 e. The molecule has 0 unspecified atom stereocenters. The van der Waals surface area contributed by atoms with Crippen LogP contribution in [0.1, 0.15) is 21.9 Å². The number of benzene rings is 1. The Morgan fingerprint density at radius 1 is 1.05 bits per heavy atom. The molecule has 1 aromatic heterocycles. The Bertz CT molecular complexity index is 607. The summed E-state index contributed by atoms with van der Waals surface area (Å²) in [7, 11) is 0. The maximum absolute atomic E-state index is 11.6. The zero-order valence-electron chi connectivity index (χ0n) is 11.3. The minimum atomic E-state index is -1.11. The summed E-state index contributed by atoms with van der Waals surface area (Å²) in [6.07, 6.45) is 0. The molecule has 0 fully saturated rings. The quantitative estimate of drug-likeness (QED) is 0.716. The molecule has 2 aromatic rings. The molecule has 0 aliphatic carbocycles. The SMILES string of the molecule is O=C(CNCc1ccc(C(=O)O)o1)NCc1ccccc1. The average Bonchev–Trinajstić information content (AvgIpc) is 2.95. The van der Waals surface area contributed by atoms with E-state index in [0.717, 1.165) is 5.56 Å². The van der Waals surface area contributed by atoms with E-state index in [2.05, 4.69) is 10.6 Å². The first-order valence-corrected chi connectivity index (χ1v) is 6.48. The highest BCUT2D eigenvalue weighted by Crippen LogP contribution is 2.07. The van der Waals surface area contributed by atoms with Crippen molar-refractivity contribution in [3.8, 4) is 0 Å². The Kier molecular flexibility index (Phi) is 5.11. The Labute approximate surface area is 121 Å². The molecular formula is C15H16N2O4. The van der Waals surface area contributed by atoms with Crippen LogP contribution in [0, 0.1) is 0 Å². The van der Waals surface area contributed by atoms with Crippen molar-refractivity contribution < 1.29 is 19.1 Å². The molecule has 1 heterocycles. The van der Waals surface area contributed by atoms with Gasteiger partial charge in [0.05, 0.1) is 13.1 Å². The van der Waals surface area contributed by atoms with Gasteiger partial charge in [-0.3, -0.25) is 4.79 Å². The number of carbonyl (C=O) groups is 2. The lowest BCUT2D eigenvalue weighted by Crippen LogP contribution is -2.33. The summed E-state index contributed by atoms with van der Waals surface area (Å²) >= 11 is 0. The van der Waals surface area contributed by atoms with Crippen LogP contribution >= 0.6 is 0 Å². The van der Waals surface area contributed by atoms with Crippen molar-refractivity contribution >= 4 is 11.9 Å². The van der Waals surface area contributed by atoms with Gasteiger partial charge in [0, 0.05) is 6.54 Å². The first kappa shape index (κ1) is 14.8. The fraction of sp³-hybridized carbons (Fsp3) is 0.200. The van der Waals surface area contributed by atoms with Gasteiger partial charge in [-0.2, -0.15) is 0 Å². The van der Waals surface area contributed by atoms with E-state index in [-0.39, 0.29) is 18.2 Å². The van der Waals surface area contributed by atoms with E-state index in [1.807, 2.05) is 30.3 Å². The zero-order valence-corrected chi connectivity index (χ0v) is 11.3. The van der Waals surface area contributed by atoms with E-state index in [1.165, 1.54) is 6.07 Å². The molecule has 0 atom stereocenters. The number of hydrogen-bond acceptors (Lipinski definition) is 4. The molecule has 0 saturated heterocycles. The van der Waals surface area contributed by atoms with Crippen molar-refractivity contribution in [2.24, 2.45) is 0 Å². The molecule has 6 heteroatoms. The normalized spacial score (nSPS) is 10.3. The molecule has 110 valence electrons. The van der Waals surface area contributed by atoms with Gasteiger partial charge in [-0.1, -0.05) is 30.3 Å². The van der Waals surface area contributed by atoms with Crippen LogP contribution in [-0.2, 0) is 17.9 Å². The second-order valence-electron chi connectivity index (χ2n) is 4.44. The standard InChI is InChI=1S/C15H16N2O4/c18-14(17-8-11-4-2-1-3-5-11)10-16-9-12-6-7-13(21-12)15(19)20/h1-7,16H,8-10H2,(H,17,18)(H,19,20). The van der Waals surface area contributed by atoms with Crippen molar-refractivity contribution in [2.75, 3.05) is 6.54 Å². The van der Waals surface area contributed by atoms with Gasteiger partial charge in [0.25, 0.3) is 0 Å². The summed E-state index contributed by atoms with van der Waals surface area (Å²) in [6, 6.07) is 12.6. The number of carbonyl (C=O) groups excluding carboxylic acids is 1. The highest BCUT2D eigenvalue weighted by Gasteiger charge is 2.08. The minimum absolute atomic E-state index is 0.111. The maximum Gasteiger partial charge on any atom is 0.371 e. The number of nitrogens with one attached hydrogen (secondary N) is 2. The molecular weight excluding hydrogens is 272 g/mol. The van der Waals surface area contributed by atoms with E-state index in [4.69, 9.17) is 9.52 Å². The minimum Gasteiger partial charge on any atom is -0.475 e. The van der Waals surface area contributed by atoms with Crippen molar-refractivity contribution in [3.63, 3.8) is 0 Å². The number of carboxylic acid groups (broad SMARTS) is 1. The fourth-order valence-electron chi connectivity index (χ4n) is 1.75. The summed E-state index contributed by atoms with van der Waals surface area (Å²) in [6.45, 7) is 0.910. The number of furan rings is 1. The first-order valence-electron chi connectivity index (χ1n) is 6.48. The Balaban J connectivity index is 1.68. The number of carboxylic acids is 1. The molecule has 6 nitrogen and oxygen atoms in total. The number of hydrogen-bond donors (Lipinski definition) is 3. The van der Waals surface area contributed by atoms with Gasteiger partial charge in [-0.05, 0) is 17.7 Å². The van der Waals surface area contributed by atoms with Gasteiger partial charge < -0.3 is 20.2 Å². The fourth-order valence-corrected chi connectivity index (χ4v) is 1.75. The monoisotopic (exact) mass is 288 g/mol. The molecule has 1 aromatic carbocycles. The maximum atomic E-state index is 11.6. The lowest BCUT2D eigenvalue weighted by Gasteiger charge is -2.06. The van der Waals surface area contributed by atoms with Crippen LogP contribution in [0.15, 0.2) is 46.9 Å². The van der Waals surface area contributed by atoms with E-state index in [0.29, 0.717) is 18.8 Å². The molecule has 21 heavy (non-hydrogen) atoms. The Morgan fingerprint density at radius 3 is 2.48 bits per heavy atom. The van der Waals surface area contributed by atoms with Gasteiger partial charge in [-0.15, -0.1) is 0 Å². The van der Waals surface area contributed by atoms with Crippen molar-refractivity contribution in [1.29, 1.82) is 0 Å². The molecule has 0 saturated carbocycles. The van der Waals surface area contributed by atoms with Crippen molar-refractivity contribution in [3.05, 3.63) is 59.5 Å². The molecule has 2 rings (SSSR count). The summed E-state index contributed by atoms with van der Waals surface area (Å²) in [5.41, 5.74) is 1.03.